The molecular formula is C10H19N3OS. The molecule has 2 amide bonds. The van der Waals surface area contributed by atoms with Gasteiger partial charge in [0.15, 0.2) is 0 Å². The largest absolute Gasteiger partial charge is 0.392 e. The van der Waals surface area contributed by atoms with Crippen LogP contribution in [-0.4, -0.2) is 35.1 Å². The Kier molecular flexibility index (Phi) is 4.32. The minimum Gasteiger partial charge on any atom is -0.392 e. The summed E-state index contributed by atoms with van der Waals surface area (Å²) in [6.07, 6.45) is 2.28. The number of amides is 2. The van der Waals surface area contributed by atoms with Crippen molar-refractivity contribution >= 4 is 23.2 Å². The highest BCUT2D eigenvalue weighted by molar-refractivity contribution is 7.80. The number of nitrogens with two attached hydrogens (primary N) is 1. The zero-order valence-corrected chi connectivity index (χ0v) is 10.1. The summed E-state index contributed by atoms with van der Waals surface area (Å²) >= 11 is 4.81. The van der Waals surface area contributed by atoms with Gasteiger partial charge in [0.2, 0.25) is 0 Å². The Bertz CT molecular complexity index is 257. The topological polar surface area (TPSA) is 58.4 Å². The molecule has 0 aromatic carbocycles. The molecule has 0 bridgehead atoms. The van der Waals surface area contributed by atoms with Crippen molar-refractivity contribution in [1.29, 1.82) is 0 Å². The summed E-state index contributed by atoms with van der Waals surface area (Å²) in [5.74, 6) is 0.588. The number of piperidine rings is 1. The number of nitrogens with zero attached hydrogens (tertiary/aromatic N) is 1. The Balaban J connectivity index is 2.42. The Morgan fingerprint density at radius 2 is 2.33 bits per heavy atom. The fourth-order valence-electron chi connectivity index (χ4n) is 1.72. The number of hydrogen-bond donors (Lipinski definition) is 2. The molecule has 2 atom stereocenters. The van der Waals surface area contributed by atoms with Crippen molar-refractivity contribution in [1.82, 2.24) is 10.2 Å². The van der Waals surface area contributed by atoms with Crippen LogP contribution < -0.4 is 11.1 Å². The van der Waals surface area contributed by atoms with Crippen molar-refractivity contribution in [2.45, 2.75) is 32.7 Å². The number of likely N-dealkylation sites (tertiary alicyclic amines) is 1. The van der Waals surface area contributed by atoms with Gasteiger partial charge in [0.05, 0.1) is 11.0 Å². The van der Waals surface area contributed by atoms with Crippen molar-refractivity contribution in [3.05, 3.63) is 0 Å². The van der Waals surface area contributed by atoms with Crippen LogP contribution >= 0.6 is 12.2 Å². The zero-order chi connectivity index (χ0) is 11.4. The van der Waals surface area contributed by atoms with E-state index in [-0.39, 0.29) is 12.1 Å². The van der Waals surface area contributed by atoms with E-state index in [2.05, 4.69) is 12.2 Å². The third kappa shape index (κ3) is 3.66. The first-order valence-electron chi connectivity index (χ1n) is 5.35. The number of rotatable bonds is 2. The fraction of sp³-hybridized carbons (Fsp3) is 0.800. The Morgan fingerprint density at radius 3 is 2.87 bits per heavy atom. The molecule has 0 spiro atoms. The summed E-state index contributed by atoms with van der Waals surface area (Å²) in [5, 5.41) is 2.79. The average Bonchev–Trinajstić information content (AvgIpc) is 2.17. The molecule has 4 nitrogen and oxygen atoms in total. The first-order chi connectivity index (χ1) is 7.00. The molecule has 1 aliphatic rings. The second-order valence-electron chi connectivity index (χ2n) is 4.27. The van der Waals surface area contributed by atoms with Crippen molar-refractivity contribution in [2.24, 2.45) is 11.7 Å². The maximum absolute atomic E-state index is 11.8. The monoisotopic (exact) mass is 229 g/mol. The van der Waals surface area contributed by atoms with E-state index in [1.807, 2.05) is 4.90 Å². The Labute approximate surface area is 96.2 Å². The number of carbonyl (C=O) groups is 1. The smallest absolute Gasteiger partial charge is 0.317 e. The van der Waals surface area contributed by atoms with E-state index in [0.717, 1.165) is 19.5 Å². The van der Waals surface area contributed by atoms with Crippen LogP contribution in [0.5, 0.6) is 0 Å². The second-order valence-corrected chi connectivity index (χ2v) is 4.74. The molecule has 0 aromatic heterocycles. The summed E-state index contributed by atoms with van der Waals surface area (Å²) in [7, 11) is 0. The van der Waals surface area contributed by atoms with E-state index in [1.54, 1.807) is 6.92 Å². The first-order valence-corrected chi connectivity index (χ1v) is 5.76. The van der Waals surface area contributed by atoms with Crippen LogP contribution in [0.25, 0.3) is 0 Å². The van der Waals surface area contributed by atoms with Gasteiger partial charge in [-0.15, -0.1) is 0 Å². The van der Waals surface area contributed by atoms with Crippen LogP contribution in [0, 0.1) is 5.92 Å². The van der Waals surface area contributed by atoms with E-state index in [4.69, 9.17) is 18.0 Å². The highest BCUT2D eigenvalue weighted by Crippen LogP contribution is 2.15. The summed E-state index contributed by atoms with van der Waals surface area (Å²) in [6.45, 7) is 5.63. The predicted octanol–water partition coefficient (Wildman–Crippen LogP) is 1.10. The second kappa shape index (κ2) is 5.30. The van der Waals surface area contributed by atoms with Gasteiger partial charge in [-0.05, 0) is 25.7 Å². The molecule has 1 rings (SSSR count). The molecule has 15 heavy (non-hydrogen) atoms. The molecule has 0 aliphatic carbocycles. The van der Waals surface area contributed by atoms with Crippen LogP contribution in [0.4, 0.5) is 4.79 Å². The van der Waals surface area contributed by atoms with Gasteiger partial charge in [-0.2, -0.15) is 0 Å². The van der Waals surface area contributed by atoms with Crippen LogP contribution in [0.2, 0.25) is 0 Å². The quantitative estimate of drug-likeness (QED) is 0.697. The van der Waals surface area contributed by atoms with E-state index in [9.17, 15) is 4.79 Å². The molecule has 86 valence electrons. The lowest BCUT2D eigenvalue weighted by Crippen LogP contribution is -2.50. The van der Waals surface area contributed by atoms with Gasteiger partial charge >= 0.3 is 6.03 Å². The molecule has 0 radical (unpaired) electrons. The van der Waals surface area contributed by atoms with Gasteiger partial charge in [0.1, 0.15) is 0 Å². The molecule has 0 saturated carbocycles. The number of urea groups is 1. The highest BCUT2D eigenvalue weighted by Gasteiger charge is 2.22. The lowest BCUT2D eigenvalue weighted by molar-refractivity contribution is 0.169. The Morgan fingerprint density at radius 1 is 1.67 bits per heavy atom. The molecule has 2 unspecified atom stereocenters. The van der Waals surface area contributed by atoms with Gasteiger partial charge < -0.3 is 16.0 Å². The maximum Gasteiger partial charge on any atom is 0.317 e. The van der Waals surface area contributed by atoms with Crippen LogP contribution in [-0.2, 0) is 0 Å². The molecule has 1 saturated heterocycles. The molecule has 1 fully saturated rings. The van der Waals surface area contributed by atoms with Crippen molar-refractivity contribution in [3.63, 3.8) is 0 Å². The lowest BCUT2D eigenvalue weighted by Gasteiger charge is -2.31. The molecular weight excluding hydrogens is 210 g/mol. The lowest BCUT2D eigenvalue weighted by atomic mass is 10.0. The average molecular weight is 229 g/mol. The number of nitrogens with one attached hydrogen (secondary N) is 1. The van der Waals surface area contributed by atoms with Gasteiger partial charge in [0, 0.05) is 13.1 Å². The van der Waals surface area contributed by atoms with Crippen LogP contribution in [0.3, 0.4) is 0 Å². The van der Waals surface area contributed by atoms with E-state index in [0.29, 0.717) is 10.9 Å². The van der Waals surface area contributed by atoms with Gasteiger partial charge in [0.25, 0.3) is 0 Å². The van der Waals surface area contributed by atoms with Gasteiger partial charge in [-0.1, -0.05) is 19.1 Å². The van der Waals surface area contributed by atoms with E-state index < -0.39 is 0 Å². The molecule has 5 heteroatoms. The summed E-state index contributed by atoms with van der Waals surface area (Å²) in [5.41, 5.74) is 5.44. The van der Waals surface area contributed by atoms with Crippen molar-refractivity contribution in [3.8, 4) is 0 Å². The zero-order valence-electron chi connectivity index (χ0n) is 9.32. The predicted molar refractivity (Wildman–Crippen MR) is 64.8 cm³/mol. The van der Waals surface area contributed by atoms with Crippen LogP contribution in [0.1, 0.15) is 26.7 Å². The third-order valence-electron chi connectivity index (χ3n) is 2.71. The minimum absolute atomic E-state index is 0.0538. The minimum atomic E-state index is -0.232. The Hall–Kier alpha value is -0.840. The van der Waals surface area contributed by atoms with E-state index in [1.165, 1.54) is 6.42 Å². The third-order valence-corrected chi connectivity index (χ3v) is 3.06. The van der Waals surface area contributed by atoms with Crippen LogP contribution in [0.15, 0.2) is 0 Å². The molecule has 1 heterocycles. The van der Waals surface area contributed by atoms with Gasteiger partial charge in [-0.3, -0.25) is 0 Å². The SMILES string of the molecule is CC1CCCN(C(=O)NC(C)C(N)=S)C1. The molecule has 3 N–H and O–H groups in total. The normalized spacial score (nSPS) is 23.3. The van der Waals surface area contributed by atoms with Crippen molar-refractivity contribution < 1.29 is 4.79 Å². The van der Waals surface area contributed by atoms with Gasteiger partial charge in [-0.25, -0.2) is 4.79 Å². The standard InChI is InChI=1S/C10H19N3OS/c1-7-4-3-5-13(6-7)10(14)12-8(2)9(11)15/h7-8H,3-6H2,1-2H3,(H2,11,15)(H,12,14). The summed E-state index contributed by atoms with van der Waals surface area (Å²) in [6, 6.07) is -0.286. The van der Waals surface area contributed by atoms with E-state index >= 15 is 0 Å². The molecule has 0 aromatic rings. The number of hydrogen-bond acceptors (Lipinski definition) is 2. The fourth-order valence-corrected chi connectivity index (χ4v) is 1.78. The molecule has 1 aliphatic heterocycles. The van der Waals surface area contributed by atoms with Crippen molar-refractivity contribution in [2.75, 3.05) is 13.1 Å². The maximum atomic E-state index is 11.8. The summed E-state index contributed by atoms with van der Waals surface area (Å²) < 4.78 is 0. The highest BCUT2D eigenvalue weighted by atomic mass is 32.1. The number of carbonyl (C=O) groups excluding carboxylic acids is 1. The first kappa shape index (κ1) is 12.2. The summed E-state index contributed by atoms with van der Waals surface area (Å²) in [4.78, 5) is 13.9. The number of thiocarbonyl (C=S) groups is 1.